The lowest BCUT2D eigenvalue weighted by atomic mass is 10.2. The number of hydrogen-bond donors (Lipinski definition) is 1. The summed E-state index contributed by atoms with van der Waals surface area (Å²) in [5.41, 5.74) is 2.42. The molecular formula is C21H19FN4O3. The molecule has 0 aliphatic carbocycles. The van der Waals surface area contributed by atoms with Crippen molar-refractivity contribution in [3.63, 3.8) is 0 Å². The van der Waals surface area contributed by atoms with E-state index in [0.29, 0.717) is 46.0 Å². The molecule has 0 fully saturated rings. The van der Waals surface area contributed by atoms with Crippen LogP contribution in [0.15, 0.2) is 47.7 Å². The van der Waals surface area contributed by atoms with E-state index in [9.17, 15) is 9.18 Å². The minimum atomic E-state index is -0.305. The van der Waals surface area contributed by atoms with Gasteiger partial charge in [0.25, 0.3) is 5.56 Å². The first kappa shape index (κ1) is 18.7. The molecule has 0 saturated carbocycles. The molecule has 0 aliphatic heterocycles. The van der Waals surface area contributed by atoms with E-state index in [0.717, 1.165) is 5.56 Å². The zero-order valence-corrected chi connectivity index (χ0v) is 16.2. The van der Waals surface area contributed by atoms with E-state index in [1.54, 1.807) is 29.2 Å². The SMILES string of the molecule is COc1cc2nc(Cc3cn(-c4cc(C)cc(F)c4)cn3)[nH]c(=O)c2cc1OC. The number of fused-ring (bicyclic) bond motifs is 1. The second-order valence-electron chi connectivity index (χ2n) is 6.67. The number of methoxy groups -OCH3 is 2. The molecule has 148 valence electrons. The van der Waals surface area contributed by atoms with Crippen molar-refractivity contribution in [2.75, 3.05) is 14.2 Å². The van der Waals surface area contributed by atoms with Crippen LogP contribution in [0.3, 0.4) is 0 Å². The Morgan fingerprint density at radius 2 is 1.86 bits per heavy atom. The van der Waals surface area contributed by atoms with E-state index >= 15 is 0 Å². The summed E-state index contributed by atoms with van der Waals surface area (Å²) < 4.78 is 25.9. The highest BCUT2D eigenvalue weighted by molar-refractivity contribution is 5.81. The lowest BCUT2D eigenvalue weighted by Gasteiger charge is -2.09. The van der Waals surface area contributed by atoms with E-state index < -0.39 is 0 Å². The van der Waals surface area contributed by atoms with Gasteiger partial charge >= 0.3 is 0 Å². The third-order valence-corrected chi connectivity index (χ3v) is 4.57. The molecule has 0 saturated heterocycles. The van der Waals surface area contributed by atoms with Gasteiger partial charge in [-0.05, 0) is 36.8 Å². The van der Waals surface area contributed by atoms with Gasteiger partial charge in [0.1, 0.15) is 11.6 Å². The van der Waals surface area contributed by atoms with E-state index in [4.69, 9.17) is 9.47 Å². The molecule has 2 aromatic carbocycles. The number of hydrogen-bond acceptors (Lipinski definition) is 5. The highest BCUT2D eigenvalue weighted by Crippen LogP contribution is 2.30. The molecule has 0 radical (unpaired) electrons. The predicted molar refractivity (Wildman–Crippen MR) is 107 cm³/mol. The fraction of sp³-hybridized carbons (Fsp3) is 0.190. The zero-order valence-electron chi connectivity index (χ0n) is 16.2. The highest BCUT2D eigenvalue weighted by atomic mass is 19.1. The number of rotatable bonds is 5. The Kier molecular flexibility index (Phi) is 4.75. The molecule has 4 rings (SSSR count). The summed E-state index contributed by atoms with van der Waals surface area (Å²) in [6.45, 7) is 1.83. The summed E-state index contributed by atoms with van der Waals surface area (Å²) in [6.07, 6.45) is 3.71. The van der Waals surface area contributed by atoms with Crippen molar-refractivity contribution in [3.05, 3.63) is 76.1 Å². The molecule has 7 nitrogen and oxygen atoms in total. The van der Waals surface area contributed by atoms with Crippen LogP contribution in [-0.4, -0.2) is 33.7 Å². The molecule has 29 heavy (non-hydrogen) atoms. The quantitative estimate of drug-likeness (QED) is 0.562. The standard InChI is InChI=1S/C21H19FN4O3/c1-12-4-13(22)6-15(5-12)26-10-14(23-11-26)7-20-24-17-9-19(29-3)18(28-2)8-16(17)21(27)25-20/h4-6,8-11H,7H2,1-3H3,(H,24,25,27). The van der Waals surface area contributed by atoms with Gasteiger partial charge in [0.2, 0.25) is 0 Å². The smallest absolute Gasteiger partial charge is 0.258 e. The Bertz CT molecular complexity index is 1240. The predicted octanol–water partition coefficient (Wildman–Crippen LogP) is 3.16. The number of nitrogens with one attached hydrogen (secondary N) is 1. The number of benzene rings is 2. The van der Waals surface area contributed by atoms with Gasteiger partial charge in [0.05, 0.1) is 37.1 Å². The van der Waals surface area contributed by atoms with Crippen molar-refractivity contribution < 1.29 is 13.9 Å². The van der Waals surface area contributed by atoms with Crippen LogP contribution in [0, 0.1) is 12.7 Å². The topological polar surface area (TPSA) is 82.0 Å². The Hall–Kier alpha value is -3.68. The average molecular weight is 394 g/mol. The monoisotopic (exact) mass is 394 g/mol. The van der Waals surface area contributed by atoms with Crippen LogP contribution in [0.2, 0.25) is 0 Å². The molecule has 2 aromatic heterocycles. The molecule has 0 amide bonds. The Morgan fingerprint density at radius 3 is 2.59 bits per heavy atom. The van der Waals surface area contributed by atoms with Crippen LogP contribution in [0.1, 0.15) is 17.1 Å². The minimum Gasteiger partial charge on any atom is -0.493 e. The lowest BCUT2D eigenvalue weighted by Crippen LogP contribution is -2.12. The van der Waals surface area contributed by atoms with E-state index in [2.05, 4.69) is 15.0 Å². The molecule has 0 aliphatic rings. The molecule has 0 spiro atoms. The first-order chi connectivity index (χ1) is 14.0. The summed E-state index contributed by atoms with van der Waals surface area (Å²) in [4.78, 5) is 24.2. The number of imidazole rings is 1. The van der Waals surface area contributed by atoms with Crippen LogP contribution in [0.5, 0.6) is 11.5 Å². The van der Waals surface area contributed by atoms with Gasteiger partial charge in [-0.3, -0.25) is 4.79 Å². The second kappa shape index (κ2) is 7.38. The number of halogens is 1. The summed E-state index contributed by atoms with van der Waals surface area (Å²) in [5, 5.41) is 0.409. The van der Waals surface area contributed by atoms with Gasteiger partial charge in [-0.25, -0.2) is 14.4 Å². The molecule has 8 heteroatoms. The van der Waals surface area contributed by atoms with Crippen LogP contribution in [-0.2, 0) is 6.42 Å². The zero-order chi connectivity index (χ0) is 20.5. The van der Waals surface area contributed by atoms with Crippen LogP contribution < -0.4 is 15.0 Å². The molecule has 1 N–H and O–H groups in total. The highest BCUT2D eigenvalue weighted by Gasteiger charge is 2.12. The normalized spacial score (nSPS) is 11.0. The molecular weight excluding hydrogens is 375 g/mol. The maximum absolute atomic E-state index is 13.7. The number of aromatic amines is 1. The van der Waals surface area contributed by atoms with Gasteiger partial charge in [0.15, 0.2) is 11.5 Å². The molecule has 0 unspecified atom stereocenters. The van der Waals surface area contributed by atoms with Crippen molar-refractivity contribution in [1.82, 2.24) is 19.5 Å². The fourth-order valence-corrected chi connectivity index (χ4v) is 3.23. The number of H-pyrrole nitrogens is 1. The third-order valence-electron chi connectivity index (χ3n) is 4.57. The van der Waals surface area contributed by atoms with Gasteiger partial charge in [0, 0.05) is 24.4 Å². The summed E-state index contributed by atoms with van der Waals surface area (Å²) in [5.74, 6) is 1.12. The summed E-state index contributed by atoms with van der Waals surface area (Å²) in [7, 11) is 3.04. The Morgan fingerprint density at radius 1 is 1.10 bits per heavy atom. The van der Waals surface area contributed by atoms with Gasteiger partial charge in [-0.1, -0.05) is 0 Å². The van der Waals surface area contributed by atoms with Crippen LogP contribution in [0.4, 0.5) is 4.39 Å². The Labute approximate surface area is 165 Å². The van der Waals surface area contributed by atoms with E-state index in [-0.39, 0.29) is 11.4 Å². The third kappa shape index (κ3) is 3.69. The van der Waals surface area contributed by atoms with Crippen LogP contribution >= 0.6 is 0 Å². The average Bonchev–Trinajstić information content (AvgIpc) is 3.15. The van der Waals surface area contributed by atoms with E-state index in [1.165, 1.54) is 26.4 Å². The van der Waals surface area contributed by atoms with Crippen molar-refractivity contribution in [2.45, 2.75) is 13.3 Å². The van der Waals surface area contributed by atoms with Crippen molar-refractivity contribution in [2.24, 2.45) is 0 Å². The molecule has 0 bridgehead atoms. The molecule has 2 heterocycles. The number of ether oxygens (including phenoxy) is 2. The first-order valence-electron chi connectivity index (χ1n) is 8.92. The molecule has 4 aromatic rings. The van der Waals surface area contributed by atoms with E-state index in [1.807, 2.05) is 13.0 Å². The maximum atomic E-state index is 13.7. The van der Waals surface area contributed by atoms with Gasteiger partial charge in [-0.2, -0.15) is 0 Å². The van der Waals surface area contributed by atoms with Crippen LogP contribution in [0.25, 0.3) is 16.6 Å². The number of aryl methyl sites for hydroxylation is 1. The largest absolute Gasteiger partial charge is 0.493 e. The summed E-state index contributed by atoms with van der Waals surface area (Å²) in [6, 6.07) is 8.04. The first-order valence-corrected chi connectivity index (χ1v) is 8.92. The Balaban J connectivity index is 1.68. The number of aromatic nitrogens is 4. The summed E-state index contributed by atoms with van der Waals surface area (Å²) >= 11 is 0. The van der Waals surface area contributed by atoms with Crippen molar-refractivity contribution in [3.8, 4) is 17.2 Å². The van der Waals surface area contributed by atoms with Gasteiger partial charge < -0.3 is 19.0 Å². The number of nitrogens with zero attached hydrogens (tertiary/aromatic N) is 3. The van der Waals surface area contributed by atoms with Crippen molar-refractivity contribution >= 4 is 10.9 Å². The fourth-order valence-electron chi connectivity index (χ4n) is 3.23. The second-order valence-corrected chi connectivity index (χ2v) is 6.67. The lowest BCUT2D eigenvalue weighted by molar-refractivity contribution is 0.355. The molecule has 0 atom stereocenters. The van der Waals surface area contributed by atoms with Crippen molar-refractivity contribution in [1.29, 1.82) is 0 Å². The maximum Gasteiger partial charge on any atom is 0.258 e. The van der Waals surface area contributed by atoms with Gasteiger partial charge in [-0.15, -0.1) is 0 Å². The minimum absolute atomic E-state index is 0.272.